The van der Waals surface area contributed by atoms with Gasteiger partial charge in [0.2, 0.25) is 11.8 Å². The first-order valence-corrected chi connectivity index (χ1v) is 6.23. The van der Waals surface area contributed by atoms with Crippen LogP contribution in [-0.2, 0) is 16.1 Å². The molecule has 2 amide bonds. The number of benzene rings is 1. The number of hydrazine groups is 1. The second kappa shape index (κ2) is 4.98. The van der Waals surface area contributed by atoms with Crippen LogP contribution in [0.1, 0.15) is 19.4 Å². The Morgan fingerprint density at radius 1 is 1.22 bits per heavy atom. The Hall–Kier alpha value is -1.55. The van der Waals surface area contributed by atoms with Gasteiger partial charge in [-0.3, -0.25) is 15.0 Å². The van der Waals surface area contributed by atoms with Crippen molar-refractivity contribution in [3.63, 3.8) is 0 Å². The van der Waals surface area contributed by atoms with Gasteiger partial charge in [-0.05, 0) is 11.6 Å². The number of halogens is 1. The molecule has 1 aliphatic rings. The predicted octanol–water partition coefficient (Wildman–Crippen LogP) is 1.99. The van der Waals surface area contributed by atoms with Gasteiger partial charge in [0.15, 0.2) is 0 Å². The number of rotatable bonds is 2. The van der Waals surface area contributed by atoms with Crippen LogP contribution in [0.3, 0.4) is 0 Å². The van der Waals surface area contributed by atoms with Crippen LogP contribution in [0, 0.1) is 11.8 Å². The predicted molar refractivity (Wildman–Crippen MR) is 68.5 cm³/mol. The van der Waals surface area contributed by atoms with Crippen molar-refractivity contribution < 1.29 is 9.59 Å². The van der Waals surface area contributed by atoms with Crippen molar-refractivity contribution in [1.82, 2.24) is 10.4 Å². The SMILES string of the molecule is CC1C(=O)NN(Cc2ccccc2Cl)C(=O)C1C. The molecule has 1 fully saturated rings. The molecule has 2 rings (SSSR count). The van der Waals surface area contributed by atoms with Crippen molar-refractivity contribution in [2.75, 3.05) is 0 Å². The third-order valence-corrected chi connectivity index (χ3v) is 3.72. The first kappa shape index (κ1) is 12.9. The molecule has 18 heavy (non-hydrogen) atoms. The van der Waals surface area contributed by atoms with Crippen molar-refractivity contribution in [1.29, 1.82) is 0 Å². The van der Waals surface area contributed by atoms with Gasteiger partial charge in [-0.2, -0.15) is 0 Å². The quantitative estimate of drug-likeness (QED) is 0.890. The number of hydrogen-bond acceptors (Lipinski definition) is 2. The zero-order valence-corrected chi connectivity index (χ0v) is 11.1. The summed E-state index contributed by atoms with van der Waals surface area (Å²) in [6.07, 6.45) is 0. The van der Waals surface area contributed by atoms with E-state index in [2.05, 4.69) is 5.43 Å². The molecule has 1 saturated heterocycles. The van der Waals surface area contributed by atoms with Gasteiger partial charge in [-0.1, -0.05) is 43.6 Å². The van der Waals surface area contributed by atoms with E-state index in [0.717, 1.165) is 5.56 Å². The van der Waals surface area contributed by atoms with E-state index in [9.17, 15) is 9.59 Å². The molecule has 96 valence electrons. The molecule has 1 aliphatic heterocycles. The number of nitrogens with one attached hydrogen (secondary N) is 1. The third kappa shape index (κ3) is 2.34. The molecule has 1 aromatic carbocycles. The zero-order chi connectivity index (χ0) is 13.3. The van der Waals surface area contributed by atoms with Crippen LogP contribution < -0.4 is 5.43 Å². The molecule has 0 spiro atoms. The second-order valence-corrected chi connectivity index (χ2v) is 4.98. The Morgan fingerprint density at radius 2 is 1.89 bits per heavy atom. The van der Waals surface area contributed by atoms with Gasteiger partial charge in [0, 0.05) is 16.9 Å². The minimum absolute atomic E-state index is 0.0815. The normalized spacial score (nSPS) is 24.1. The molecule has 2 atom stereocenters. The summed E-state index contributed by atoms with van der Waals surface area (Å²) in [5.41, 5.74) is 3.42. The molecule has 0 aromatic heterocycles. The zero-order valence-electron chi connectivity index (χ0n) is 10.3. The Balaban J connectivity index is 2.17. The molecule has 0 bridgehead atoms. The molecule has 5 heteroatoms. The topological polar surface area (TPSA) is 49.4 Å². The maximum atomic E-state index is 12.1. The Bertz CT molecular complexity index is 490. The summed E-state index contributed by atoms with van der Waals surface area (Å²) in [4.78, 5) is 23.8. The van der Waals surface area contributed by atoms with Crippen molar-refractivity contribution in [2.24, 2.45) is 11.8 Å². The molecule has 1 heterocycles. The highest BCUT2D eigenvalue weighted by molar-refractivity contribution is 6.31. The highest BCUT2D eigenvalue weighted by atomic mass is 35.5. The lowest BCUT2D eigenvalue weighted by atomic mass is 9.92. The van der Waals surface area contributed by atoms with Crippen LogP contribution in [0.25, 0.3) is 0 Å². The van der Waals surface area contributed by atoms with Crippen LogP contribution in [0.15, 0.2) is 24.3 Å². The average Bonchev–Trinajstić information content (AvgIpc) is 2.36. The monoisotopic (exact) mass is 266 g/mol. The van der Waals surface area contributed by atoms with Crippen molar-refractivity contribution in [3.8, 4) is 0 Å². The fourth-order valence-electron chi connectivity index (χ4n) is 1.89. The van der Waals surface area contributed by atoms with Crippen molar-refractivity contribution in [3.05, 3.63) is 34.9 Å². The van der Waals surface area contributed by atoms with E-state index in [4.69, 9.17) is 11.6 Å². The van der Waals surface area contributed by atoms with Crippen LogP contribution in [0.4, 0.5) is 0 Å². The van der Waals surface area contributed by atoms with Crippen LogP contribution >= 0.6 is 11.6 Å². The van der Waals surface area contributed by atoms with E-state index in [1.807, 2.05) is 18.2 Å². The van der Waals surface area contributed by atoms with Crippen LogP contribution in [-0.4, -0.2) is 16.8 Å². The number of hydrogen-bond donors (Lipinski definition) is 1. The van der Waals surface area contributed by atoms with Crippen molar-refractivity contribution in [2.45, 2.75) is 20.4 Å². The molecule has 0 saturated carbocycles. The molecule has 1 N–H and O–H groups in total. The van der Waals surface area contributed by atoms with Gasteiger partial charge < -0.3 is 0 Å². The summed E-state index contributed by atoms with van der Waals surface area (Å²) in [5.74, 6) is -0.808. The van der Waals surface area contributed by atoms with Crippen molar-refractivity contribution >= 4 is 23.4 Å². The van der Waals surface area contributed by atoms with E-state index in [0.29, 0.717) is 11.6 Å². The average molecular weight is 267 g/mol. The minimum Gasteiger partial charge on any atom is -0.273 e. The molecular formula is C13H15ClN2O2. The molecule has 1 aromatic rings. The van der Waals surface area contributed by atoms with E-state index in [1.54, 1.807) is 19.9 Å². The van der Waals surface area contributed by atoms with E-state index < -0.39 is 0 Å². The fourth-order valence-corrected chi connectivity index (χ4v) is 2.09. The smallest absolute Gasteiger partial charge is 0.244 e. The lowest BCUT2D eigenvalue weighted by Crippen LogP contribution is -2.56. The maximum Gasteiger partial charge on any atom is 0.244 e. The molecule has 4 nitrogen and oxygen atoms in total. The second-order valence-electron chi connectivity index (χ2n) is 4.57. The Labute approximate surface area is 111 Å². The number of carbonyl (C=O) groups is 2. The third-order valence-electron chi connectivity index (χ3n) is 3.35. The standard InChI is InChI=1S/C13H15ClN2O2/c1-8-9(2)13(18)16(15-12(8)17)7-10-5-3-4-6-11(10)14/h3-6,8-9H,7H2,1-2H3,(H,15,17). The summed E-state index contributed by atoms with van der Waals surface area (Å²) < 4.78 is 0. The van der Waals surface area contributed by atoms with Gasteiger partial charge in [-0.25, -0.2) is 5.01 Å². The maximum absolute atomic E-state index is 12.1. The van der Waals surface area contributed by atoms with Gasteiger partial charge in [-0.15, -0.1) is 0 Å². The van der Waals surface area contributed by atoms with E-state index in [1.165, 1.54) is 5.01 Å². The Kier molecular flexibility index (Phi) is 3.57. The van der Waals surface area contributed by atoms with Gasteiger partial charge in [0.05, 0.1) is 6.54 Å². The van der Waals surface area contributed by atoms with Crippen LogP contribution in [0.2, 0.25) is 5.02 Å². The molecule has 2 unspecified atom stereocenters. The highest BCUT2D eigenvalue weighted by Gasteiger charge is 2.36. The Morgan fingerprint density at radius 3 is 2.56 bits per heavy atom. The van der Waals surface area contributed by atoms with E-state index >= 15 is 0 Å². The lowest BCUT2D eigenvalue weighted by molar-refractivity contribution is -0.156. The minimum atomic E-state index is -0.304. The summed E-state index contributed by atoms with van der Waals surface area (Å²) >= 11 is 6.04. The molecule has 0 radical (unpaired) electrons. The largest absolute Gasteiger partial charge is 0.273 e. The molecule has 0 aliphatic carbocycles. The summed E-state index contributed by atoms with van der Waals surface area (Å²) in [7, 11) is 0. The first-order chi connectivity index (χ1) is 8.50. The van der Waals surface area contributed by atoms with Crippen LogP contribution in [0.5, 0.6) is 0 Å². The van der Waals surface area contributed by atoms with Gasteiger partial charge in [0.1, 0.15) is 0 Å². The van der Waals surface area contributed by atoms with Gasteiger partial charge in [0.25, 0.3) is 0 Å². The summed E-state index contributed by atoms with van der Waals surface area (Å²) in [6.45, 7) is 3.82. The van der Waals surface area contributed by atoms with E-state index in [-0.39, 0.29) is 23.7 Å². The number of amides is 2. The first-order valence-electron chi connectivity index (χ1n) is 5.86. The summed E-state index contributed by atoms with van der Waals surface area (Å²) in [5, 5.41) is 1.93. The number of carbonyl (C=O) groups excluding carboxylic acids is 2. The summed E-state index contributed by atoms with van der Waals surface area (Å²) in [6, 6.07) is 7.28. The fraction of sp³-hybridized carbons (Fsp3) is 0.385. The highest BCUT2D eigenvalue weighted by Crippen LogP contribution is 2.22. The lowest BCUT2D eigenvalue weighted by Gasteiger charge is -2.34. The number of nitrogens with zero attached hydrogens (tertiary/aromatic N) is 1. The molecular weight excluding hydrogens is 252 g/mol. The van der Waals surface area contributed by atoms with Gasteiger partial charge >= 0.3 is 0 Å².